The van der Waals surface area contributed by atoms with Gasteiger partial charge in [-0.05, 0) is 25.2 Å². The fourth-order valence-electron chi connectivity index (χ4n) is 1.78. The third kappa shape index (κ3) is 2.01. The minimum atomic E-state index is 0.266. The highest BCUT2D eigenvalue weighted by atomic mass is 32.2. The Labute approximate surface area is 88.9 Å². The van der Waals surface area contributed by atoms with Gasteiger partial charge in [0.1, 0.15) is 0 Å². The molecule has 1 aromatic rings. The molecular formula is C12H14OS. The van der Waals surface area contributed by atoms with Gasteiger partial charge in [-0.15, -0.1) is 0 Å². The second-order valence-corrected chi connectivity index (χ2v) is 4.94. The van der Waals surface area contributed by atoms with Crippen molar-refractivity contribution in [3.05, 3.63) is 35.4 Å². The summed E-state index contributed by atoms with van der Waals surface area (Å²) in [7, 11) is 0. The minimum absolute atomic E-state index is 0.266. The number of carbonyl (C=O) groups is 1. The molecule has 0 amide bonds. The number of ketones is 1. The number of rotatable bonds is 2. The van der Waals surface area contributed by atoms with Crippen LogP contribution in [0.2, 0.25) is 0 Å². The first-order valence-electron chi connectivity index (χ1n) is 4.96. The second kappa shape index (κ2) is 4.18. The zero-order valence-electron chi connectivity index (χ0n) is 8.32. The standard InChI is InChI=1S/C12H14OS/c1-9-3-2-4-10(7-9)12(13)11-5-6-14-8-11/h2-4,7,11H,5-6,8H2,1H3. The molecule has 1 aromatic carbocycles. The van der Waals surface area contributed by atoms with Crippen LogP contribution in [0, 0.1) is 12.8 Å². The van der Waals surface area contributed by atoms with Gasteiger partial charge in [-0.3, -0.25) is 4.79 Å². The van der Waals surface area contributed by atoms with Gasteiger partial charge in [0.2, 0.25) is 0 Å². The second-order valence-electron chi connectivity index (χ2n) is 3.79. The Morgan fingerprint density at radius 1 is 1.50 bits per heavy atom. The van der Waals surface area contributed by atoms with Crippen LogP contribution in [-0.4, -0.2) is 17.3 Å². The molecular weight excluding hydrogens is 192 g/mol. The Hall–Kier alpha value is -0.760. The largest absolute Gasteiger partial charge is 0.294 e. The molecule has 1 unspecified atom stereocenters. The lowest BCUT2D eigenvalue weighted by molar-refractivity contribution is 0.0933. The lowest BCUT2D eigenvalue weighted by atomic mass is 9.96. The summed E-state index contributed by atoms with van der Waals surface area (Å²) in [4.78, 5) is 12.0. The van der Waals surface area contributed by atoms with Crippen molar-refractivity contribution in [1.29, 1.82) is 0 Å². The zero-order valence-corrected chi connectivity index (χ0v) is 9.14. The number of benzene rings is 1. The number of hydrogen-bond donors (Lipinski definition) is 0. The van der Waals surface area contributed by atoms with E-state index in [1.807, 2.05) is 43.0 Å². The first-order valence-corrected chi connectivity index (χ1v) is 6.11. The highest BCUT2D eigenvalue weighted by Crippen LogP contribution is 2.26. The Kier molecular flexibility index (Phi) is 2.92. The van der Waals surface area contributed by atoms with E-state index < -0.39 is 0 Å². The lowest BCUT2D eigenvalue weighted by Gasteiger charge is -2.07. The van der Waals surface area contributed by atoms with E-state index in [-0.39, 0.29) is 5.92 Å². The van der Waals surface area contributed by atoms with Crippen molar-refractivity contribution in [3.8, 4) is 0 Å². The van der Waals surface area contributed by atoms with Crippen molar-refractivity contribution >= 4 is 17.5 Å². The minimum Gasteiger partial charge on any atom is -0.294 e. The third-order valence-corrected chi connectivity index (χ3v) is 3.77. The van der Waals surface area contributed by atoms with Gasteiger partial charge >= 0.3 is 0 Å². The molecule has 1 saturated heterocycles. The summed E-state index contributed by atoms with van der Waals surface area (Å²) < 4.78 is 0. The molecule has 1 aliphatic rings. The quantitative estimate of drug-likeness (QED) is 0.692. The Morgan fingerprint density at radius 2 is 2.36 bits per heavy atom. The molecule has 0 radical (unpaired) electrons. The van der Waals surface area contributed by atoms with E-state index in [0.29, 0.717) is 5.78 Å². The zero-order chi connectivity index (χ0) is 9.97. The van der Waals surface area contributed by atoms with Crippen LogP contribution in [0.5, 0.6) is 0 Å². The number of aryl methyl sites for hydroxylation is 1. The number of Topliss-reactive ketones (excluding diaryl/α,β-unsaturated/α-hetero) is 1. The maximum atomic E-state index is 12.0. The van der Waals surface area contributed by atoms with Gasteiger partial charge in [0.05, 0.1) is 0 Å². The average Bonchev–Trinajstić information content (AvgIpc) is 2.69. The highest BCUT2D eigenvalue weighted by Gasteiger charge is 2.23. The summed E-state index contributed by atoms with van der Waals surface area (Å²) in [6, 6.07) is 7.91. The average molecular weight is 206 g/mol. The van der Waals surface area contributed by atoms with E-state index in [2.05, 4.69) is 0 Å². The van der Waals surface area contributed by atoms with Crippen LogP contribution in [0.1, 0.15) is 22.3 Å². The van der Waals surface area contributed by atoms with Gasteiger partial charge in [-0.1, -0.05) is 23.8 Å². The van der Waals surface area contributed by atoms with E-state index in [1.54, 1.807) is 0 Å². The number of thioether (sulfide) groups is 1. The summed E-state index contributed by atoms with van der Waals surface area (Å²) in [5.74, 6) is 2.75. The fraction of sp³-hybridized carbons (Fsp3) is 0.417. The fourth-order valence-corrected chi connectivity index (χ4v) is 3.00. The summed E-state index contributed by atoms with van der Waals surface area (Å²) in [6.45, 7) is 2.03. The predicted molar refractivity (Wildman–Crippen MR) is 60.9 cm³/mol. The Bertz CT molecular complexity index is 340. The summed E-state index contributed by atoms with van der Waals surface area (Å²) in [5, 5.41) is 0. The molecule has 2 heteroatoms. The monoisotopic (exact) mass is 206 g/mol. The topological polar surface area (TPSA) is 17.1 Å². The third-order valence-electron chi connectivity index (χ3n) is 2.60. The normalized spacial score (nSPS) is 21.1. The van der Waals surface area contributed by atoms with E-state index in [0.717, 1.165) is 23.5 Å². The van der Waals surface area contributed by atoms with Gasteiger partial charge < -0.3 is 0 Å². The molecule has 0 N–H and O–H groups in total. The molecule has 0 aromatic heterocycles. The SMILES string of the molecule is Cc1cccc(C(=O)C2CCSC2)c1. The van der Waals surface area contributed by atoms with Crippen molar-refractivity contribution in [1.82, 2.24) is 0 Å². The predicted octanol–water partition coefficient (Wildman–Crippen LogP) is 2.93. The van der Waals surface area contributed by atoms with E-state index in [9.17, 15) is 4.79 Å². The molecule has 0 bridgehead atoms. The van der Waals surface area contributed by atoms with Gasteiger partial charge in [0.25, 0.3) is 0 Å². The maximum Gasteiger partial charge on any atom is 0.166 e. The van der Waals surface area contributed by atoms with Crippen LogP contribution in [0.3, 0.4) is 0 Å². The number of hydrogen-bond acceptors (Lipinski definition) is 2. The van der Waals surface area contributed by atoms with Crippen molar-refractivity contribution in [2.75, 3.05) is 11.5 Å². The molecule has 0 aliphatic carbocycles. The summed E-state index contributed by atoms with van der Waals surface area (Å²) in [5.41, 5.74) is 2.05. The summed E-state index contributed by atoms with van der Waals surface area (Å²) in [6.07, 6.45) is 1.05. The molecule has 1 nitrogen and oxygen atoms in total. The van der Waals surface area contributed by atoms with Crippen LogP contribution < -0.4 is 0 Å². The van der Waals surface area contributed by atoms with Crippen LogP contribution in [0.15, 0.2) is 24.3 Å². The molecule has 1 heterocycles. The molecule has 1 aliphatic heterocycles. The molecule has 2 rings (SSSR count). The van der Waals surface area contributed by atoms with Crippen molar-refractivity contribution in [2.24, 2.45) is 5.92 Å². The number of carbonyl (C=O) groups excluding carboxylic acids is 1. The van der Waals surface area contributed by atoms with Crippen LogP contribution in [0.4, 0.5) is 0 Å². The Balaban J connectivity index is 2.17. The molecule has 74 valence electrons. The van der Waals surface area contributed by atoms with Crippen molar-refractivity contribution in [3.63, 3.8) is 0 Å². The molecule has 0 saturated carbocycles. The lowest BCUT2D eigenvalue weighted by Crippen LogP contribution is -2.13. The van der Waals surface area contributed by atoms with E-state index >= 15 is 0 Å². The molecule has 1 atom stereocenters. The van der Waals surface area contributed by atoms with E-state index in [4.69, 9.17) is 0 Å². The van der Waals surface area contributed by atoms with Crippen LogP contribution in [-0.2, 0) is 0 Å². The van der Waals surface area contributed by atoms with Gasteiger partial charge in [-0.25, -0.2) is 0 Å². The summed E-state index contributed by atoms with van der Waals surface area (Å²) >= 11 is 1.89. The smallest absolute Gasteiger partial charge is 0.166 e. The van der Waals surface area contributed by atoms with Crippen molar-refractivity contribution < 1.29 is 4.79 Å². The molecule has 14 heavy (non-hydrogen) atoms. The Morgan fingerprint density at radius 3 is 3.00 bits per heavy atom. The first-order chi connectivity index (χ1) is 6.77. The van der Waals surface area contributed by atoms with Gasteiger partial charge in [0.15, 0.2) is 5.78 Å². The maximum absolute atomic E-state index is 12.0. The van der Waals surface area contributed by atoms with Gasteiger partial charge in [-0.2, -0.15) is 11.8 Å². The molecule has 1 fully saturated rings. The van der Waals surface area contributed by atoms with Crippen molar-refractivity contribution in [2.45, 2.75) is 13.3 Å². The first kappa shape index (κ1) is 9.78. The van der Waals surface area contributed by atoms with E-state index in [1.165, 1.54) is 5.56 Å². The van der Waals surface area contributed by atoms with Crippen LogP contribution in [0.25, 0.3) is 0 Å². The van der Waals surface area contributed by atoms with Crippen LogP contribution >= 0.6 is 11.8 Å². The molecule has 0 spiro atoms. The van der Waals surface area contributed by atoms with Gasteiger partial charge in [0, 0.05) is 17.2 Å². The highest BCUT2D eigenvalue weighted by molar-refractivity contribution is 7.99.